The summed E-state index contributed by atoms with van der Waals surface area (Å²) in [6.45, 7) is -1.81. The molecular formula is C22H16F6N8O2. The Morgan fingerprint density at radius 2 is 1.82 bits per heavy atom. The van der Waals surface area contributed by atoms with Crippen molar-refractivity contribution >= 4 is 28.6 Å². The van der Waals surface area contributed by atoms with Gasteiger partial charge < -0.3 is 9.88 Å². The van der Waals surface area contributed by atoms with E-state index in [0.29, 0.717) is 29.0 Å². The third-order valence-corrected chi connectivity index (χ3v) is 6.60. The first-order valence-electron chi connectivity index (χ1n) is 11.3. The molecule has 2 N–H and O–H groups in total. The number of amides is 3. The van der Waals surface area contributed by atoms with Crippen molar-refractivity contribution in [2.45, 2.75) is 43.1 Å². The molecule has 38 heavy (non-hydrogen) atoms. The fourth-order valence-electron chi connectivity index (χ4n) is 4.84. The Hall–Kier alpha value is -4.24. The number of carbonyl (C=O) groups is 2. The number of imidazole rings is 2. The number of rotatable bonds is 4. The van der Waals surface area contributed by atoms with Crippen LogP contribution in [0.25, 0.3) is 16.7 Å². The van der Waals surface area contributed by atoms with Gasteiger partial charge in [-0.05, 0) is 24.5 Å². The van der Waals surface area contributed by atoms with Gasteiger partial charge in [-0.25, -0.2) is 19.3 Å². The Morgan fingerprint density at radius 1 is 1.03 bits per heavy atom. The highest BCUT2D eigenvalue weighted by Crippen LogP contribution is 2.55. The van der Waals surface area contributed by atoms with Crippen LogP contribution in [0.4, 0.5) is 31.1 Å². The van der Waals surface area contributed by atoms with Crippen molar-refractivity contribution in [1.82, 2.24) is 39.8 Å². The van der Waals surface area contributed by atoms with E-state index in [1.54, 1.807) is 12.3 Å². The second kappa shape index (κ2) is 8.13. The summed E-state index contributed by atoms with van der Waals surface area (Å²) in [6, 6.07) is 2.28. The van der Waals surface area contributed by atoms with Gasteiger partial charge in [0.1, 0.15) is 12.1 Å². The van der Waals surface area contributed by atoms with E-state index in [9.17, 15) is 35.9 Å². The Morgan fingerprint density at radius 3 is 2.53 bits per heavy atom. The van der Waals surface area contributed by atoms with Crippen LogP contribution in [0, 0.1) is 0 Å². The standard InChI is InChI=1S/C22H16F6N8O2/c23-21(24,25)8-35-16-5-13(30-7-15(16)32-19(35)22(26,27)28)10-3-9(10)11-4-14(34-36-2-1-29-17(11)36)12-6-31-20(38)33-18(12)37/h1-2,4-5,7,9-10,12H,3,6,8H2,(H2,31,33,37,38)/t9-,10-,12?/m0/s1. The maximum Gasteiger partial charge on any atom is 0.449 e. The molecule has 0 radical (unpaired) electrons. The molecule has 3 amide bonds. The number of alkyl halides is 6. The van der Waals surface area contributed by atoms with Gasteiger partial charge in [-0.15, -0.1) is 0 Å². The molecule has 1 unspecified atom stereocenters. The molecule has 4 aromatic heterocycles. The van der Waals surface area contributed by atoms with Gasteiger partial charge in [0, 0.05) is 36.1 Å². The van der Waals surface area contributed by atoms with E-state index in [2.05, 4.69) is 30.7 Å². The first kappa shape index (κ1) is 24.1. The lowest BCUT2D eigenvalue weighted by Crippen LogP contribution is -2.51. The molecule has 1 saturated heterocycles. The predicted molar refractivity (Wildman–Crippen MR) is 116 cm³/mol. The number of urea groups is 1. The summed E-state index contributed by atoms with van der Waals surface area (Å²) in [4.78, 5) is 35.7. The van der Waals surface area contributed by atoms with Gasteiger partial charge in [-0.2, -0.15) is 31.4 Å². The summed E-state index contributed by atoms with van der Waals surface area (Å²) in [5, 5.41) is 9.14. The second-order valence-electron chi connectivity index (χ2n) is 9.15. The van der Waals surface area contributed by atoms with Gasteiger partial charge in [0.25, 0.3) is 0 Å². The summed E-state index contributed by atoms with van der Waals surface area (Å²) >= 11 is 0. The zero-order chi connectivity index (χ0) is 27.0. The molecule has 198 valence electrons. The van der Waals surface area contributed by atoms with Gasteiger partial charge in [0.2, 0.25) is 11.7 Å². The molecule has 3 atom stereocenters. The molecule has 16 heteroatoms. The first-order valence-corrected chi connectivity index (χ1v) is 11.3. The van der Waals surface area contributed by atoms with Crippen molar-refractivity contribution in [2.75, 3.05) is 6.54 Å². The van der Waals surface area contributed by atoms with Crippen molar-refractivity contribution in [2.24, 2.45) is 0 Å². The number of nitrogens with one attached hydrogen (secondary N) is 2. The number of imide groups is 1. The largest absolute Gasteiger partial charge is 0.449 e. The highest BCUT2D eigenvalue weighted by molar-refractivity contribution is 6.00. The van der Waals surface area contributed by atoms with Gasteiger partial charge in [0.15, 0.2) is 5.65 Å². The Kier molecular flexibility index (Phi) is 5.16. The second-order valence-corrected chi connectivity index (χ2v) is 9.15. The number of hydrogen-bond acceptors (Lipinski definition) is 6. The third kappa shape index (κ3) is 4.18. The number of halogens is 6. The van der Waals surface area contributed by atoms with Crippen LogP contribution in [0.5, 0.6) is 0 Å². The van der Waals surface area contributed by atoms with E-state index in [-0.39, 0.29) is 34.0 Å². The fourth-order valence-corrected chi connectivity index (χ4v) is 4.84. The smallest absolute Gasteiger partial charge is 0.337 e. The van der Waals surface area contributed by atoms with Crippen molar-refractivity contribution < 1.29 is 35.9 Å². The van der Waals surface area contributed by atoms with Gasteiger partial charge in [-0.3, -0.25) is 15.1 Å². The number of nitrogens with zero attached hydrogens (tertiary/aromatic N) is 6. The van der Waals surface area contributed by atoms with Crippen molar-refractivity contribution in [3.63, 3.8) is 0 Å². The lowest BCUT2D eigenvalue weighted by atomic mass is 9.99. The number of hydrogen-bond donors (Lipinski definition) is 2. The normalized spacial score (nSPS) is 22.1. The molecule has 1 aliphatic carbocycles. The van der Waals surface area contributed by atoms with Crippen LogP contribution in [0.15, 0.2) is 30.7 Å². The average Bonchev–Trinajstić information content (AvgIpc) is 3.32. The lowest BCUT2D eigenvalue weighted by molar-refractivity contribution is -0.160. The molecule has 2 fully saturated rings. The minimum Gasteiger partial charge on any atom is -0.337 e. The quantitative estimate of drug-likeness (QED) is 0.385. The van der Waals surface area contributed by atoms with Crippen LogP contribution in [0.1, 0.15) is 47.0 Å². The number of carbonyl (C=O) groups excluding carboxylic acids is 2. The summed E-state index contributed by atoms with van der Waals surface area (Å²) < 4.78 is 81.3. The monoisotopic (exact) mass is 538 g/mol. The maximum atomic E-state index is 13.4. The van der Waals surface area contributed by atoms with E-state index >= 15 is 0 Å². The third-order valence-electron chi connectivity index (χ3n) is 6.60. The highest BCUT2D eigenvalue weighted by atomic mass is 19.4. The van der Waals surface area contributed by atoms with Crippen LogP contribution in [-0.4, -0.2) is 53.8 Å². The van der Waals surface area contributed by atoms with Crippen molar-refractivity contribution in [1.29, 1.82) is 0 Å². The SMILES string of the molecule is O=C1NCC(c2cc([C@H]3C[C@@H]3c3cc4c(cn3)nc(C(F)(F)F)n4CC(F)(F)F)c3nccn3n2)C(=O)N1. The molecule has 1 aliphatic heterocycles. The molecule has 0 bridgehead atoms. The van der Waals surface area contributed by atoms with Crippen LogP contribution < -0.4 is 10.6 Å². The summed E-state index contributed by atoms with van der Waals surface area (Å²) in [7, 11) is 0. The van der Waals surface area contributed by atoms with Gasteiger partial charge in [0.05, 0.1) is 23.3 Å². The summed E-state index contributed by atoms with van der Waals surface area (Å²) in [6.07, 6.45) is -5.36. The molecular weight excluding hydrogens is 522 g/mol. The minimum absolute atomic E-state index is 0.0361. The topological polar surface area (TPSA) is 119 Å². The van der Waals surface area contributed by atoms with Crippen LogP contribution in [-0.2, 0) is 17.5 Å². The first-order chi connectivity index (χ1) is 17.9. The molecule has 1 saturated carbocycles. The van der Waals surface area contributed by atoms with Crippen LogP contribution >= 0.6 is 0 Å². The van der Waals surface area contributed by atoms with Gasteiger partial charge >= 0.3 is 18.4 Å². The number of fused-ring (bicyclic) bond motifs is 2. The molecule has 5 heterocycles. The Bertz CT molecular complexity index is 1610. The lowest BCUT2D eigenvalue weighted by Gasteiger charge is -2.22. The maximum absolute atomic E-state index is 13.4. The van der Waals surface area contributed by atoms with E-state index < -0.39 is 42.6 Å². The molecule has 4 aromatic rings. The van der Waals surface area contributed by atoms with E-state index in [0.717, 1.165) is 6.20 Å². The summed E-state index contributed by atoms with van der Waals surface area (Å²) in [5.74, 6) is -3.48. The van der Waals surface area contributed by atoms with Gasteiger partial charge in [-0.1, -0.05) is 0 Å². The zero-order valence-corrected chi connectivity index (χ0v) is 19.0. The van der Waals surface area contributed by atoms with E-state index in [4.69, 9.17) is 0 Å². The molecule has 10 nitrogen and oxygen atoms in total. The molecule has 2 aliphatic rings. The van der Waals surface area contributed by atoms with Crippen molar-refractivity contribution in [3.05, 3.63) is 53.5 Å². The van der Waals surface area contributed by atoms with E-state index in [1.165, 1.54) is 16.8 Å². The van der Waals surface area contributed by atoms with Crippen LogP contribution in [0.2, 0.25) is 0 Å². The highest BCUT2D eigenvalue weighted by Gasteiger charge is 2.45. The van der Waals surface area contributed by atoms with E-state index in [1.807, 2.05) is 0 Å². The Labute approximate surface area is 208 Å². The number of aromatic nitrogens is 6. The number of pyridine rings is 1. The van der Waals surface area contributed by atoms with Crippen molar-refractivity contribution in [3.8, 4) is 0 Å². The van der Waals surface area contributed by atoms with Crippen LogP contribution in [0.3, 0.4) is 0 Å². The predicted octanol–water partition coefficient (Wildman–Crippen LogP) is 3.25. The fraction of sp³-hybridized carbons (Fsp3) is 0.364. The zero-order valence-electron chi connectivity index (χ0n) is 19.0. The molecule has 0 aromatic carbocycles. The average molecular weight is 538 g/mol. The molecule has 0 spiro atoms. The minimum atomic E-state index is -5.09. The summed E-state index contributed by atoms with van der Waals surface area (Å²) in [5.41, 5.74) is 1.25. The Balaban J connectivity index is 1.37. The molecule has 6 rings (SSSR count).